The minimum Gasteiger partial charge on any atom is -0.356 e. The van der Waals surface area contributed by atoms with Gasteiger partial charge in [-0.25, -0.2) is 0 Å². The zero-order valence-corrected chi connectivity index (χ0v) is 41.9. The first-order valence-corrected chi connectivity index (χ1v) is 26.3. The molecular weight excluding hydrogens is 947 g/mol. The van der Waals surface area contributed by atoms with Crippen LogP contribution in [0, 0.1) is 0 Å². The molecule has 0 unspecified atom stereocenters. The predicted octanol–water partition coefficient (Wildman–Crippen LogP) is 11.5. The molecule has 4 aromatic carbocycles. The van der Waals surface area contributed by atoms with Crippen molar-refractivity contribution in [3.8, 4) is 22.3 Å². The van der Waals surface area contributed by atoms with E-state index >= 15 is 0 Å². The van der Waals surface area contributed by atoms with Gasteiger partial charge in [-0.1, -0.05) is 86.3 Å². The first-order valence-electron chi connectivity index (χ1n) is 26.3. The Balaban J connectivity index is 0.700. The summed E-state index contributed by atoms with van der Waals surface area (Å²) in [6.45, 7) is 6.72. The maximum absolute atomic E-state index is 13.3. The molecule has 2 aliphatic rings. The zero-order chi connectivity index (χ0) is 52.1. The maximum Gasteiger partial charge on any atom is 0.416 e. The van der Waals surface area contributed by atoms with Gasteiger partial charge in [0.25, 0.3) is 11.8 Å². The number of nitrogens with zero attached hydrogens (tertiary/aromatic N) is 2. The van der Waals surface area contributed by atoms with Crippen molar-refractivity contribution in [1.29, 1.82) is 0 Å². The fraction of sp³-hybridized carbons (Fsp3) is 0.509. The number of amides is 4. The molecule has 2 aliphatic heterocycles. The van der Waals surface area contributed by atoms with E-state index in [1.165, 1.54) is 24.3 Å². The Bertz CT molecular complexity index is 2180. The summed E-state index contributed by atoms with van der Waals surface area (Å²) in [6, 6.07) is 23.8. The third-order valence-corrected chi connectivity index (χ3v) is 14.0. The number of carbonyl (C=O) groups is 4. The molecule has 4 amide bonds. The van der Waals surface area contributed by atoms with Gasteiger partial charge in [-0.15, -0.1) is 0 Å². The highest BCUT2D eigenvalue weighted by Gasteiger charge is 2.31. The lowest BCUT2D eigenvalue weighted by Gasteiger charge is -2.32. The minimum atomic E-state index is -4.42. The number of piperidine rings is 2. The Morgan fingerprint density at radius 3 is 1.15 bits per heavy atom. The third-order valence-electron chi connectivity index (χ3n) is 14.0. The molecule has 73 heavy (non-hydrogen) atoms. The summed E-state index contributed by atoms with van der Waals surface area (Å²) in [7, 11) is 0. The molecule has 16 heteroatoms. The van der Waals surface area contributed by atoms with Crippen molar-refractivity contribution in [3.63, 3.8) is 0 Å². The van der Waals surface area contributed by atoms with Crippen LogP contribution in [0.4, 0.5) is 26.3 Å². The van der Waals surface area contributed by atoms with E-state index < -0.39 is 23.5 Å². The lowest BCUT2D eigenvalue weighted by atomic mass is 9.97. The Morgan fingerprint density at radius 2 is 0.781 bits per heavy atom. The minimum absolute atomic E-state index is 0.0276. The van der Waals surface area contributed by atoms with Crippen molar-refractivity contribution in [2.24, 2.45) is 0 Å². The predicted molar refractivity (Wildman–Crippen MR) is 274 cm³/mol. The largest absolute Gasteiger partial charge is 0.416 e. The normalized spacial score (nSPS) is 15.2. The van der Waals surface area contributed by atoms with Gasteiger partial charge in [0.15, 0.2) is 0 Å². The molecule has 0 aliphatic carbocycles. The second kappa shape index (κ2) is 28.6. The quantitative estimate of drug-likeness (QED) is 0.0367. The lowest BCUT2D eigenvalue weighted by Crippen LogP contribution is -2.44. The Labute approximate surface area is 426 Å². The summed E-state index contributed by atoms with van der Waals surface area (Å²) in [5, 5.41) is 12.3. The molecule has 2 saturated heterocycles. The molecule has 0 bridgehead atoms. The van der Waals surface area contributed by atoms with Gasteiger partial charge in [-0.05, 0) is 142 Å². The van der Waals surface area contributed by atoms with Gasteiger partial charge in [-0.2, -0.15) is 26.3 Å². The standard InChI is InChI=1S/C57H72F6N6O4/c58-56(59,60)44-26-22-42(23-27-44)48-16-8-10-18-50(48)54(72)66-46-30-38-68(39-31-46)36-14-3-1-6-20-52(70)64-34-12-5-13-35-65-53(71)21-7-2-4-15-37-69-40-32-47(33-41-69)67-55(73)51-19-11-9-17-49(51)43-24-28-45(29-25-43)57(61,62)63/h8-11,16-19,22-29,46-47H,1-7,12-15,20-21,30-41H2,(H,64,70)(H,65,71)(H,66,72)(H,67,73). The summed E-state index contributed by atoms with van der Waals surface area (Å²) in [4.78, 5) is 56.0. The summed E-state index contributed by atoms with van der Waals surface area (Å²) in [6.07, 6.45) is 6.01. The molecule has 4 N–H and O–H groups in total. The van der Waals surface area contributed by atoms with Gasteiger partial charge in [0.05, 0.1) is 11.1 Å². The molecule has 2 fully saturated rings. The Kier molecular flexibility index (Phi) is 22.2. The molecular formula is C57H72F6N6O4. The van der Waals surface area contributed by atoms with E-state index in [9.17, 15) is 45.5 Å². The van der Waals surface area contributed by atoms with E-state index in [-0.39, 0.29) is 35.7 Å². The number of hydrogen-bond donors (Lipinski definition) is 4. The highest BCUT2D eigenvalue weighted by Crippen LogP contribution is 2.34. The van der Waals surface area contributed by atoms with E-state index in [0.717, 1.165) is 160 Å². The smallest absolute Gasteiger partial charge is 0.356 e. The summed E-state index contributed by atoms with van der Waals surface area (Å²) in [5.41, 5.74) is 1.73. The van der Waals surface area contributed by atoms with E-state index in [1.54, 1.807) is 48.5 Å². The summed E-state index contributed by atoms with van der Waals surface area (Å²) >= 11 is 0. The van der Waals surface area contributed by atoms with E-state index in [4.69, 9.17) is 0 Å². The number of rotatable bonds is 26. The fourth-order valence-electron chi connectivity index (χ4n) is 9.68. The number of likely N-dealkylation sites (tertiary alicyclic amines) is 2. The lowest BCUT2D eigenvalue weighted by molar-refractivity contribution is -0.138. The van der Waals surface area contributed by atoms with E-state index in [0.29, 0.717) is 59.3 Å². The van der Waals surface area contributed by atoms with Crippen LogP contribution in [0.2, 0.25) is 0 Å². The molecule has 0 radical (unpaired) electrons. The van der Waals surface area contributed by atoms with Crippen molar-refractivity contribution >= 4 is 23.6 Å². The summed E-state index contributed by atoms with van der Waals surface area (Å²) in [5.74, 6) is -0.294. The van der Waals surface area contributed by atoms with Crippen LogP contribution in [-0.4, -0.2) is 97.9 Å². The van der Waals surface area contributed by atoms with Gasteiger partial charge in [0.1, 0.15) is 0 Å². The van der Waals surface area contributed by atoms with Gasteiger partial charge in [0, 0.05) is 75.3 Å². The first kappa shape index (κ1) is 56.6. The van der Waals surface area contributed by atoms with Gasteiger partial charge >= 0.3 is 12.4 Å². The zero-order valence-electron chi connectivity index (χ0n) is 41.9. The number of alkyl halides is 6. The highest BCUT2D eigenvalue weighted by atomic mass is 19.4. The molecule has 6 rings (SSSR count). The molecule has 396 valence electrons. The van der Waals surface area contributed by atoms with E-state index in [1.807, 2.05) is 0 Å². The molecule has 2 heterocycles. The monoisotopic (exact) mass is 1020 g/mol. The van der Waals surface area contributed by atoms with Gasteiger partial charge < -0.3 is 31.1 Å². The topological polar surface area (TPSA) is 123 Å². The van der Waals surface area contributed by atoms with Crippen molar-refractivity contribution in [2.45, 2.75) is 134 Å². The van der Waals surface area contributed by atoms with E-state index in [2.05, 4.69) is 31.1 Å². The number of halogens is 6. The number of hydrogen-bond acceptors (Lipinski definition) is 6. The van der Waals surface area contributed by atoms with Crippen LogP contribution in [0.5, 0.6) is 0 Å². The van der Waals surface area contributed by atoms with Crippen LogP contribution in [0.25, 0.3) is 22.3 Å². The van der Waals surface area contributed by atoms with Crippen molar-refractivity contribution < 1.29 is 45.5 Å². The molecule has 4 aromatic rings. The summed E-state index contributed by atoms with van der Waals surface area (Å²) < 4.78 is 78.4. The van der Waals surface area contributed by atoms with Crippen molar-refractivity contribution in [2.75, 3.05) is 52.4 Å². The van der Waals surface area contributed by atoms with Crippen molar-refractivity contribution in [1.82, 2.24) is 31.1 Å². The second-order valence-electron chi connectivity index (χ2n) is 19.5. The fourth-order valence-corrected chi connectivity index (χ4v) is 9.68. The number of benzene rings is 4. The molecule has 0 spiro atoms. The third kappa shape index (κ3) is 18.9. The Hall–Kier alpha value is -5.74. The number of carbonyl (C=O) groups excluding carboxylic acids is 4. The number of nitrogens with one attached hydrogen (secondary N) is 4. The highest BCUT2D eigenvalue weighted by molar-refractivity contribution is 6.01. The van der Waals surface area contributed by atoms with Gasteiger partial charge in [-0.3, -0.25) is 19.2 Å². The average Bonchev–Trinajstić information content (AvgIpc) is 3.38. The molecule has 0 aromatic heterocycles. The molecule has 10 nitrogen and oxygen atoms in total. The maximum atomic E-state index is 13.3. The van der Waals surface area contributed by atoms with Crippen LogP contribution in [0.3, 0.4) is 0 Å². The van der Waals surface area contributed by atoms with Crippen LogP contribution in [0.15, 0.2) is 97.1 Å². The second-order valence-corrected chi connectivity index (χ2v) is 19.5. The van der Waals surface area contributed by atoms with Crippen LogP contribution >= 0.6 is 0 Å². The SMILES string of the molecule is O=C(CCCCCCN1CCC(NC(=O)c2ccccc2-c2ccc(C(F)(F)F)cc2)CC1)NCCCCCNC(=O)CCCCCCN1CCC(NC(=O)c2ccccc2-c2ccc(C(F)(F)F)cc2)CC1. The van der Waals surface area contributed by atoms with Crippen LogP contribution in [-0.2, 0) is 21.9 Å². The van der Waals surface area contributed by atoms with Crippen molar-refractivity contribution in [3.05, 3.63) is 119 Å². The number of unbranched alkanes of at least 4 members (excludes halogenated alkanes) is 8. The van der Waals surface area contributed by atoms with Gasteiger partial charge in [0.2, 0.25) is 11.8 Å². The first-order chi connectivity index (χ1) is 35.1. The molecule has 0 atom stereocenters. The van der Waals surface area contributed by atoms with Crippen LogP contribution in [0.1, 0.15) is 141 Å². The molecule has 0 saturated carbocycles. The Morgan fingerprint density at radius 1 is 0.438 bits per heavy atom. The van der Waals surface area contributed by atoms with Crippen LogP contribution < -0.4 is 21.3 Å². The average molecular weight is 1020 g/mol.